The predicted molar refractivity (Wildman–Crippen MR) is 114 cm³/mol. The number of amides is 1. The summed E-state index contributed by atoms with van der Waals surface area (Å²) in [4.78, 5) is 25.1. The van der Waals surface area contributed by atoms with Crippen LogP contribution in [-0.2, 0) is 16.1 Å². The summed E-state index contributed by atoms with van der Waals surface area (Å²) in [6, 6.07) is 23.4. The molecule has 0 spiro atoms. The second-order valence-electron chi connectivity index (χ2n) is 6.51. The molecule has 0 aliphatic carbocycles. The van der Waals surface area contributed by atoms with E-state index < -0.39 is 18.0 Å². The molecule has 1 amide bonds. The van der Waals surface area contributed by atoms with E-state index in [0.717, 1.165) is 5.56 Å². The van der Waals surface area contributed by atoms with Crippen molar-refractivity contribution in [3.63, 3.8) is 0 Å². The van der Waals surface area contributed by atoms with Crippen molar-refractivity contribution in [1.29, 1.82) is 0 Å². The molecule has 0 aliphatic rings. The molecule has 0 heterocycles. The van der Waals surface area contributed by atoms with Crippen LogP contribution in [0.15, 0.2) is 78.9 Å². The fraction of sp³-hybridized carbons (Fsp3) is 0.167. The Morgan fingerprint density at radius 3 is 2.23 bits per heavy atom. The van der Waals surface area contributed by atoms with Gasteiger partial charge in [0.1, 0.15) is 23.7 Å². The summed E-state index contributed by atoms with van der Waals surface area (Å²) in [7, 11) is 1.51. The normalized spacial score (nSPS) is 11.3. The lowest BCUT2D eigenvalue weighted by molar-refractivity contribution is -0.123. The van der Waals surface area contributed by atoms with Gasteiger partial charge in [-0.15, -0.1) is 0 Å². The molecule has 0 aliphatic heterocycles. The number of anilines is 1. The first-order valence-corrected chi connectivity index (χ1v) is 9.49. The van der Waals surface area contributed by atoms with E-state index in [1.165, 1.54) is 14.0 Å². The highest BCUT2D eigenvalue weighted by Gasteiger charge is 2.22. The third kappa shape index (κ3) is 5.38. The minimum atomic E-state index is -1.01. The fourth-order valence-corrected chi connectivity index (χ4v) is 2.76. The van der Waals surface area contributed by atoms with Gasteiger partial charge in [0.15, 0.2) is 6.10 Å². The molecule has 0 bridgehead atoms. The summed E-state index contributed by atoms with van der Waals surface area (Å²) in [6.07, 6.45) is -1.01. The number of carbonyl (C=O) groups is 2. The Kier molecular flexibility index (Phi) is 7.05. The van der Waals surface area contributed by atoms with Crippen molar-refractivity contribution in [3.8, 4) is 11.5 Å². The van der Waals surface area contributed by atoms with Crippen LogP contribution >= 0.6 is 0 Å². The quantitative estimate of drug-likeness (QED) is 0.560. The van der Waals surface area contributed by atoms with Crippen LogP contribution in [0.3, 0.4) is 0 Å². The number of ether oxygens (including phenoxy) is 3. The van der Waals surface area contributed by atoms with Gasteiger partial charge >= 0.3 is 5.97 Å². The van der Waals surface area contributed by atoms with Gasteiger partial charge in [-0.1, -0.05) is 54.6 Å². The zero-order valence-electron chi connectivity index (χ0n) is 16.8. The molecular weight excluding hydrogens is 382 g/mol. The Bertz CT molecular complexity index is 1000. The lowest BCUT2D eigenvalue weighted by atomic mass is 10.2. The van der Waals surface area contributed by atoms with Crippen LogP contribution in [0.2, 0.25) is 0 Å². The molecule has 3 aromatic rings. The Labute approximate surface area is 175 Å². The molecular formula is C24H23NO5. The topological polar surface area (TPSA) is 73.9 Å². The van der Waals surface area contributed by atoms with E-state index in [0.29, 0.717) is 23.8 Å². The summed E-state index contributed by atoms with van der Waals surface area (Å²) < 4.78 is 16.4. The maximum atomic E-state index is 12.7. The van der Waals surface area contributed by atoms with Gasteiger partial charge in [0, 0.05) is 0 Å². The van der Waals surface area contributed by atoms with Crippen molar-refractivity contribution in [1.82, 2.24) is 0 Å². The average molecular weight is 405 g/mol. The Balaban J connectivity index is 1.64. The number of hydrogen-bond acceptors (Lipinski definition) is 5. The molecule has 1 atom stereocenters. The summed E-state index contributed by atoms with van der Waals surface area (Å²) in [5, 5.41) is 2.71. The van der Waals surface area contributed by atoms with E-state index in [1.807, 2.05) is 30.3 Å². The van der Waals surface area contributed by atoms with Gasteiger partial charge in [-0.05, 0) is 36.8 Å². The number of benzene rings is 3. The van der Waals surface area contributed by atoms with Crippen molar-refractivity contribution in [2.75, 3.05) is 12.4 Å². The first-order chi connectivity index (χ1) is 14.6. The zero-order chi connectivity index (χ0) is 21.3. The molecule has 0 unspecified atom stereocenters. The van der Waals surface area contributed by atoms with Gasteiger partial charge in [0.2, 0.25) is 0 Å². The van der Waals surface area contributed by atoms with Crippen LogP contribution in [0.5, 0.6) is 11.5 Å². The summed E-state index contributed by atoms with van der Waals surface area (Å²) in [5.74, 6) is -0.190. The smallest absolute Gasteiger partial charge is 0.342 e. The van der Waals surface area contributed by atoms with Crippen LogP contribution in [-0.4, -0.2) is 25.1 Å². The summed E-state index contributed by atoms with van der Waals surface area (Å²) >= 11 is 0. The number of carbonyl (C=O) groups excluding carboxylic acids is 2. The molecule has 0 radical (unpaired) electrons. The minimum Gasteiger partial charge on any atom is -0.495 e. The fourth-order valence-electron chi connectivity index (χ4n) is 2.76. The number of rotatable bonds is 8. The molecule has 0 aromatic heterocycles. The van der Waals surface area contributed by atoms with Gasteiger partial charge in [-0.2, -0.15) is 0 Å². The summed E-state index contributed by atoms with van der Waals surface area (Å²) in [5.41, 5.74) is 1.73. The second kappa shape index (κ2) is 10.1. The zero-order valence-corrected chi connectivity index (χ0v) is 16.8. The predicted octanol–water partition coefficient (Wildman–Crippen LogP) is 4.46. The SMILES string of the molecule is COc1ccccc1NC(=O)[C@@H](C)OC(=O)c1ccccc1OCc1ccccc1. The van der Waals surface area contributed by atoms with E-state index in [1.54, 1.807) is 48.5 Å². The molecule has 6 heteroatoms. The molecule has 0 saturated heterocycles. The Morgan fingerprint density at radius 1 is 0.867 bits per heavy atom. The lowest BCUT2D eigenvalue weighted by Gasteiger charge is -2.16. The van der Waals surface area contributed by atoms with Crippen LogP contribution in [0, 0.1) is 0 Å². The monoisotopic (exact) mass is 405 g/mol. The van der Waals surface area contributed by atoms with Crippen LogP contribution < -0.4 is 14.8 Å². The van der Waals surface area contributed by atoms with Crippen LogP contribution in [0.4, 0.5) is 5.69 Å². The Hall–Kier alpha value is -3.80. The molecule has 154 valence electrons. The number of hydrogen-bond donors (Lipinski definition) is 1. The maximum absolute atomic E-state index is 12.7. The highest BCUT2D eigenvalue weighted by molar-refractivity contribution is 5.99. The average Bonchev–Trinajstić information content (AvgIpc) is 2.78. The van der Waals surface area contributed by atoms with E-state index in [2.05, 4.69) is 5.32 Å². The van der Waals surface area contributed by atoms with Gasteiger partial charge in [0.05, 0.1) is 12.8 Å². The third-order valence-corrected chi connectivity index (χ3v) is 4.36. The molecule has 6 nitrogen and oxygen atoms in total. The minimum absolute atomic E-state index is 0.255. The number of esters is 1. The summed E-state index contributed by atoms with van der Waals surface area (Å²) in [6.45, 7) is 1.82. The van der Waals surface area contributed by atoms with E-state index in [-0.39, 0.29) is 5.56 Å². The highest BCUT2D eigenvalue weighted by Crippen LogP contribution is 2.24. The molecule has 3 aromatic carbocycles. The third-order valence-electron chi connectivity index (χ3n) is 4.36. The standard InChI is InChI=1S/C24H23NO5/c1-17(23(26)25-20-13-7-9-15-22(20)28-2)30-24(27)19-12-6-8-14-21(19)29-16-18-10-4-3-5-11-18/h3-15,17H,16H2,1-2H3,(H,25,26)/t17-/m1/s1. The molecule has 3 rings (SSSR count). The highest BCUT2D eigenvalue weighted by atomic mass is 16.5. The van der Waals surface area contributed by atoms with E-state index in [9.17, 15) is 9.59 Å². The number of methoxy groups -OCH3 is 1. The first-order valence-electron chi connectivity index (χ1n) is 9.49. The number of nitrogens with one attached hydrogen (secondary N) is 1. The van der Waals surface area contributed by atoms with Crippen LogP contribution in [0.25, 0.3) is 0 Å². The van der Waals surface area contributed by atoms with Gasteiger partial charge in [-0.25, -0.2) is 4.79 Å². The molecule has 0 saturated carbocycles. The second-order valence-corrected chi connectivity index (χ2v) is 6.51. The lowest BCUT2D eigenvalue weighted by Crippen LogP contribution is -2.30. The maximum Gasteiger partial charge on any atom is 0.342 e. The van der Waals surface area contributed by atoms with E-state index >= 15 is 0 Å². The van der Waals surface area contributed by atoms with Crippen LogP contribution in [0.1, 0.15) is 22.8 Å². The van der Waals surface area contributed by atoms with Gasteiger partial charge < -0.3 is 19.5 Å². The van der Waals surface area contributed by atoms with Gasteiger partial charge in [-0.3, -0.25) is 4.79 Å². The van der Waals surface area contributed by atoms with Crippen molar-refractivity contribution >= 4 is 17.6 Å². The number of para-hydroxylation sites is 3. The van der Waals surface area contributed by atoms with Crippen molar-refractivity contribution < 1.29 is 23.8 Å². The van der Waals surface area contributed by atoms with E-state index in [4.69, 9.17) is 14.2 Å². The first kappa shape index (κ1) is 20.9. The van der Waals surface area contributed by atoms with Gasteiger partial charge in [0.25, 0.3) is 5.91 Å². The molecule has 30 heavy (non-hydrogen) atoms. The largest absolute Gasteiger partial charge is 0.495 e. The van der Waals surface area contributed by atoms with Crippen molar-refractivity contribution in [3.05, 3.63) is 90.0 Å². The molecule has 0 fully saturated rings. The molecule has 1 N–H and O–H groups in total. The van der Waals surface area contributed by atoms with Crippen molar-refractivity contribution in [2.24, 2.45) is 0 Å². The Morgan fingerprint density at radius 2 is 1.50 bits per heavy atom. The van der Waals surface area contributed by atoms with Crippen molar-refractivity contribution in [2.45, 2.75) is 19.6 Å².